The highest BCUT2D eigenvalue weighted by atomic mass is 15.4. The van der Waals surface area contributed by atoms with E-state index >= 15 is 0 Å². The second-order valence-corrected chi connectivity index (χ2v) is 5.08. The highest BCUT2D eigenvalue weighted by molar-refractivity contribution is 4.90. The first-order chi connectivity index (χ1) is 7.09. The Bertz CT molecular complexity index is 167. The zero-order chi connectivity index (χ0) is 11.4. The van der Waals surface area contributed by atoms with Crippen LogP contribution in [0.3, 0.4) is 0 Å². The quantitative estimate of drug-likeness (QED) is 0.647. The zero-order valence-corrected chi connectivity index (χ0v) is 11.2. The second-order valence-electron chi connectivity index (χ2n) is 5.08. The van der Waals surface area contributed by atoms with E-state index in [0.29, 0.717) is 18.2 Å². The van der Waals surface area contributed by atoms with Crippen molar-refractivity contribution in [2.75, 3.05) is 13.6 Å². The van der Waals surface area contributed by atoms with Gasteiger partial charge < -0.3 is 0 Å². The van der Waals surface area contributed by atoms with Crippen molar-refractivity contribution in [3.63, 3.8) is 0 Å². The molecule has 2 heteroatoms. The molecule has 0 N–H and O–H groups in total. The summed E-state index contributed by atoms with van der Waals surface area (Å²) in [5, 5.41) is 0. The van der Waals surface area contributed by atoms with Crippen LogP contribution in [-0.2, 0) is 0 Å². The normalized spacial score (nSPS) is 33.8. The first-order valence-corrected chi connectivity index (χ1v) is 6.57. The van der Waals surface area contributed by atoms with Crippen molar-refractivity contribution in [3.8, 4) is 0 Å². The Balaban J connectivity index is 2.34. The van der Waals surface area contributed by atoms with Crippen molar-refractivity contribution in [2.45, 2.75) is 71.6 Å². The van der Waals surface area contributed by atoms with Gasteiger partial charge in [-0.15, -0.1) is 0 Å². The minimum Gasteiger partial charge on any atom is -0.287 e. The molecule has 0 aromatic heterocycles. The number of hydrogen-bond donors (Lipinski definition) is 0. The Kier molecular flexibility index (Phi) is 5.07. The molecule has 15 heavy (non-hydrogen) atoms. The predicted molar refractivity (Wildman–Crippen MR) is 67.0 cm³/mol. The average molecular weight is 212 g/mol. The fourth-order valence-corrected chi connectivity index (χ4v) is 2.64. The summed E-state index contributed by atoms with van der Waals surface area (Å²) in [6.07, 6.45) is 6.11. The molecule has 1 aliphatic rings. The smallest absolute Gasteiger partial charge is 0.0596 e. The topological polar surface area (TPSA) is 6.48 Å². The molecular weight excluding hydrogens is 184 g/mol. The molecule has 1 fully saturated rings. The Morgan fingerprint density at radius 3 is 2.07 bits per heavy atom. The molecule has 3 atom stereocenters. The zero-order valence-electron chi connectivity index (χ0n) is 11.2. The van der Waals surface area contributed by atoms with Crippen LogP contribution in [0.1, 0.15) is 53.4 Å². The molecule has 0 aromatic rings. The number of rotatable bonds is 5. The van der Waals surface area contributed by atoms with Gasteiger partial charge in [0.25, 0.3) is 0 Å². The fraction of sp³-hybridized carbons (Fsp3) is 1.00. The number of nitrogens with zero attached hydrogens (tertiary/aromatic N) is 2. The molecule has 1 rings (SSSR count). The van der Waals surface area contributed by atoms with Crippen LogP contribution in [0, 0.1) is 0 Å². The lowest BCUT2D eigenvalue weighted by Gasteiger charge is -2.26. The van der Waals surface area contributed by atoms with E-state index in [9.17, 15) is 0 Å². The van der Waals surface area contributed by atoms with Crippen LogP contribution in [0.5, 0.6) is 0 Å². The highest BCUT2D eigenvalue weighted by Crippen LogP contribution is 2.24. The minimum absolute atomic E-state index is 0.622. The van der Waals surface area contributed by atoms with Crippen LogP contribution in [0.4, 0.5) is 0 Å². The highest BCUT2D eigenvalue weighted by Gasteiger charge is 2.36. The summed E-state index contributed by atoms with van der Waals surface area (Å²) in [5.74, 6) is 0. The van der Waals surface area contributed by atoms with Crippen molar-refractivity contribution in [1.82, 2.24) is 9.80 Å². The van der Waals surface area contributed by atoms with Crippen LogP contribution >= 0.6 is 0 Å². The summed E-state index contributed by atoms with van der Waals surface area (Å²) in [4.78, 5) is 5.14. The summed E-state index contributed by atoms with van der Waals surface area (Å²) in [5.41, 5.74) is 0. The third-order valence-corrected chi connectivity index (χ3v) is 4.20. The molecule has 1 aliphatic heterocycles. The molecular formula is C13H28N2. The molecule has 1 heterocycles. The Hall–Kier alpha value is -0.0800. The van der Waals surface area contributed by atoms with Crippen molar-refractivity contribution in [1.29, 1.82) is 0 Å². The van der Waals surface area contributed by atoms with Crippen molar-refractivity contribution < 1.29 is 0 Å². The van der Waals surface area contributed by atoms with E-state index in [1.54, 1.807) is 0 Å². The van der Waals surface area contributed by atoms with Gasteiger partial charge in [0.2, 0.25) is 0 Å². The first-order valence-electron chi connectivity index (χ1n) is 6.57. The van der Waals surface area contributed by atoms with Crippen molar-refractivity contribution in [3.05, 3.63) is 0 Å². The lowest BCUT2D eigenvalue weighted by molar-refractivity contribution is 0.152. The summed E-state index contributed by atoms with van der Waals surface area (Å²) < 4.78 is 0. The van der Waals surface area contributed by atoms with Crippen molar-refractivity contribution in [2.24, 2.45) is 0 Å². The van der Waals surface area contributed by atoms with Crippen molar-refractivity contribution >= 4 is 0 Å². The molecule has 2 nitrogen and oxygen atoms in total. The molecule has 3 unspecified atom stereocenters. The van der Waals surface area contributed by atoms with E-state index in [-0.39, 0.29) is 0 Å². The van der Waals surface area contributed by atoms with E-state index in [1.165, 1.54) is 32.2 Å². The Morgan fingerprint density at radius 2 is 1.60 bits per heavy atom. The predicted octanol–water partition coefficient (Wildman–Crippen LogP) is 2.94. The van der Waals surface area contributed by atoms with Gasteiger partial charge in [0, 0.05) is 12.1 Å². The van der Waals surface area contributed by atoms with Gasteiger partial charge in [-0.1, -0.05) is 26.2 Å². The van der Waals surface area contributed by atoms with E-state index < -0.39 is 0 Å². The standard InChI is InChI=1S/C13H28N2/c1-6-7-8-9-10-15-12(3)11(2)14(5)13(15)4/h11-13H,6-10H2,1-5H3. The summed E-state index contributed by atoms with van der Waals surface area (Å²) in [6, 6.07) is 1.41. The minimum atomic E-state index is 0.622. The molecule has 0 aromatic carbocycles. The van der Waals surface area contributed by atoms with Gasteiger partial charge in [-0.05, 0) is 40.8 Å². The molecule has 0 bridgehead atoms. The lowest BCUT2D eigenvalue weighted by atomic mass is 10.1. The molecule has 1 saturated heterocycles. The van der Waals surface area contributed by atoms with Gasteiger partial charge in [0.05, 0.1) is 6.17 Å². The molecule has 90 valence electrons. The molecule has 0 amide bonds. The van der Waals surface area contributed by atoms with Crippen LogP contribution in [0.15, 0.2) is 0 Å². The number of unbranched alkanes of at least 4 members (excludes halogenated alkanes) is 3. The van der Waals surface area contributed by atoms with E-state index in [0.717, 1.165) is 0 Å². The van der Waals surface area contributed by atoms with Crippen LogP contribution < -0.4 is 0 Å². The second kappa shape index (κ2) is 5.86. The van der Waals surface area contributed by atoms with Gasteiger partial charge in [-0.25, -0.2) is 0 Å². The lowest BCUT2D eigenvalue weighted by Crippen LogP contribution is -2.37. The van der Waals surface area contributed by atoms with Gasteiger partial charge in [-0.2, -0.15) is 0 Å². The third-order valence-electron chi connectivity index (χ3n) is 4.20. The van der Waals surface area contributed by atoms with Gasteiger partial charge >= 0.3 is 0 Å². The van der Waals surface area contributed by atoms with Crippen LogP contribution in [0.25, 0.3) is 0 Å². The van der Waals surface area contributed by atoms with Gasteiger partial charge in [0.15, 0.2) is 0 Å². The fourth-order valence-electron chi connectivity index (χ4n) is 2.64. The maximum Gasteiger partial charge on any atom is 0.0596 e. The van der Waals surface area contributed by atoms with E-state index in [4.69, 9.17) is 0 Å². The van der Waals surface area contributed by atoms with Crippen LogP contribution in [0.2, 0.25) is 0 Å². The SMILES string of the molecule is CCCCCCN1C(C)C(C)N(C)C1C. The maximum atomic E-state index is 2.65. The van der Waals surface area contributed by atoms with E-state index in [1.807, 2.05) is 0 Å². The average Bonchev–Trinajstić information content (AvgIpc) is 2.41. The van der Waals surface area contributed by atoms with E-state index in [2.05, 4.69) is 44.5 Å². The van der Waals surface area contributed by atoms with Gasteiger partial charge in [0.1, 0.15) is 0 Å². The Morgan fingerprint density at radius 1 is 0.933 bits per heavy atom. The molecule has 0 spiro atoms. The monoisotopic (exact) mass is 212 g/mol. The number of likely N-dealkylation sites (N-methyl/N-ethyl adjacent to an activating group) is 1. The maximum absolute atomic E-state index is 2.65. The number of hydrogen-bond acceptors (Lipinski definition) is 2. The summed E-state index contributed by atoms with van der Waals surface area (Å²) in [7, 11) is 2.25. The molecule has 0 saturated carbocycles. The molecule has 0 aliphatic carbocycles. The summed E-state index contributed by atoms with van der Waals surface area (Å²) in [6.45, 7) is 10.6. The van der Waals surface area contributed by atoms with Gasteiger partial charge in [-0.3, -0.25) is 9.80 Å². The van der Waals surface area contributed by atoms with Crippen LogP contribution in [-0.4, -0.2) is 41.6 Å². The largest absolute Gasteiger partial charge is 0.287 e. The first kappa shape index (κ1) is 13.0. The third kappa shape index (κ3) is 2.94. The Labute approximate surface area is 95.6 Å². The molecule has 0 radical (unpaired) electrons. The summed E-state index contributed by atoms with van der Waals surface area (Å²) >= 11 is 0.